The SMILES string of the molecule is CCCCCCCC/C=C\CCCCCCCCCCCC(=O)OC(CCC/C=C\CCCCCCCCCC)CCCCCCCC(=O)NCC(=O)O. The average Bonchev–Trinajstić information content (AvgIpc) is 3.16. The van der Waals surface area contributed by atoms with Crippen LogP contribution in [-0.2, 0) is 19.1 Å². The fourth-order valence-electron chi connectivity index (χ4n) is 7.10. The first-order valence-corrected chi connectivity index (χ1v) is 23.5. The van der Waals surface area contributed by atoms with Crippen molar-refractivity contribution in [3.05, 3.63) is 24.3 Å². The number of rotatable bonds is 43. The Morgan fingerprint density at radius 1 is 0.463 bits per heavy atom. The summed E-state index contributed by atoms with van der Waals surface area (Å²) in [5.74, 6) is -1.24. The van der Waals surface area contributed by atoms with Gasteiger partial charge in [-0.05, 0) is 83.5 Å². The van der Waals surface area contributed by atoms with Gasteiger partial charge in [0.2, 0.25) is 5.91 Å². The van der Waals surface area contributed by atoms with Gasteiger partial charge in [-0.3, -0.25) is 14.4 Å². The molecule has 0 aliphatic rings. The molecular formula is C48H89NO5. The Morgan fingerprint density at radius 2 is 0.815 bits per heavy atom. The van der Waals surface area contributed by atoms with E-state index >= 15 is 0 Å². The molecule has 1 amide bonds. The first kappa shape index (κ1) is 51.9. The number of hydrogen-bond acceptors (Lipinski definition) is 4. The normalized spacial score (nSPS) is 12.2. The van der Waals surface area contributed by atoms with Crippen LogP contribution in [0.15, 0.2) is 24.3 Å². The fraction of sp³-hybridized carbons (Fsp3) is 0.854. The Labute approximate surface area is 334 Å². The second-order valence-electron chi connectivity index (χ2n) is 16.0. The van der Waals surface area contributed by atoms with Crippen LogP contribution in [0, 0.1) is 0 Å². The molecule has 0 aromatic rings. The van der Waals surface area contributed by atoms with E-state index in [1.165, 1.54) is 154 Å². The van der Waals surface area contributed by atoms with E-state index in [1.54, 1.807) is 0 Å². The van der Waals surface area contributed by atoms with E-state index in [9.17, 15) is 14.4 Å². The molecule has 54 heavy (non-hydrogen) atoms. The van der Waals surface area contributed by atoms with Crippen LogP contribution in [0.5, 0.6) is 0 Å². The molecule has 6 heteroatoms. The van der Waals surface area contributed by atoms with Crippen LogP contribution in [0.3, 0.4) is 0 Å². The molecule has 0 aromatic carbocycles. The van der Waals surface area contributed by atoms with Gasteiger partial charge in [-0.2, -0.15) is 0 Å². The molecule has 0 radical (unpaired) electrons. The van der Waals surface area contributed by atoms with Crippen LogP contribution in [-0.4, -0.2) is 35.6 Å². The number of nitrogens with one attached hydrogen (secondary N) is 1. The van der Waals surface area contributed by atoms with E-state index in [4.69, 9.17) is 9.84 Å². The van der Waals surface area contributed by atoms with E-state index in [-0.39, 0.29) is 24.5 Å². The first-order chi connectivity index (χ1) is 26.5. The highest BCUT2D eigenvalue weighted by Crippen LogP contribution is 2.18. The second-order valence-corrected chi connectivity index (χ2v) is 16.0. The highest BCUT2D eigenvalue weighted by atomic mass is 16.5. The molecule has 0 bridgehead atoms. The summed E-state index contributed by atoms with van der Waals surface area (Å²) in [6, 6.07) is 0. The van der Waals surface area contributed by atoms with Crippen LogP contribution < -0.4 is 5.32 Å². The lowest BCUT2D eigenvalue weighted by atomic mass is 10.0. The molecule has 0 saturated heterocycles. The van der Waals surface area contributed by atoms with E-state index in [2.05, 4.69) is 43.5 Å². The molecule has 316 valence electrons. The number of ether oxygens (including phenoxy) is 1. The molecule has 1 atom stereocenters. The predicted molar refractivity (Wildman–Crippen MR) is 231 cm³/mol. The van der Waals surface area contributed by atoms with E-state index < -0.39 is 5.97 Å². The second kappa shape index (κ2) is 43.6. The molecule has 0 aliphatic carbocycles. The van der Waals surface area contributed by atoms with E-state index in [1.807, 2.05) is 0 Å². The number of carbonyl (C=O) groups excluding carboxylic acids is 2. The van der Waals surface area contributed by atoms with Gasteiger partial charge < -0.3 is 15.2 Å². The molecule has 0 spiro atoms. The summed E-state index contributed by atoms with van der Waals surface area (Å²) in [4.78, 5) is 35.1. The third-order valence-corrected chi connectivity index (χ3v) is 10.6. The monoisotopic (exact) mass is 760 g/mol. The highest BCUT2D eigenvalue weighted by molar-refractivity contribution is 5.80. The van der Waals surface area contributed by atoms with Gasteiger partial charge in [0.15, 0.2) is 0 Å². The van der Waals surface area contributed by atoms with Gasteiger partial charge >= 0.3 is 11.9 Å². The number of esters is 1. The van der Waals surface area contributed by atoms with Crippen LogP contribution >= 0.6 is 0 Å². The highest BCUT2D eigenvalue weighted by Gasteiger charge is 2.14. The molecule has 1 unspecified atom stereocenters. The molecule has 0 rings (SSSR count). The van der Waals surface area contributed by atoms with Crippen molar-refractivity contribution in [2.24, 2.45) is 0 Å². The molecule has 2 N–H and O–H groups in total. The fourth-order valence-corrected chi connectivity index (χ4v) is 7.10. The Kier molecular flexibility index (Phi) is 41.9. The van der Waals surface area contributed by atoms with E-state index in [0.29, 0.717) is 12.8 Å². The number of aliphatic carboxylic acids is 1. The van der Waals surface area contributed by atoms with Crippen molar-refractivity contribution in [3.63, 3.8) is 0 Å². The van der Waals surface area contributed by atoms with Crippen LogP contribution in [0.1, 0.15) is 251 Å². The Balaban J connectivity index is 4.13. The maximum absolute atomic E-state index is 12.8. The quantitative estimate of drug-likeness (QED) is 0.0367. The van der Waals surface area contributed by atoms with Crippen LogP contribution in [0.2, 0.25) is 0 Å². The van der Waals surface area contributed by atoms with Gasteiger partial charge in [0.05, 0.1) is 0 Å². The minimum Gasteiger partial charge on any atom is -0.480 e. The molecule has 0 heterocycles. The zero-order valence-electron chi connectivity index (χ0n) is 35.8. The topological polar surface area (TPSA) is 92.7 Å². The minimum atomic E-state index is -1.02. The van der Waals surface area contributed by atoms with Crippen molar-refractivity contribution in [3.8, 4) is 0 Å². The maximum atomic E-state index is 12.8. The van der Waals surface area contributed by atoms with Crippen LogP contribution in [0.25, 0.3) is 0 Å². The van der Waals surface area contributed by atoms with Crippen molar-refractivity contribution >= 4 is 17.8 Å². The number of hydrogen-bond donors (Lipinski definition) is 2. The third kappa shape index (κ3) is 42.6. The number of allylic oxidation sites excluding steroid dienone is 4. The largest absolute Gasteiger partial charge is 0.480 e. The first-order valence-electron chi connectivity index (χ1n) is 23.5. The zero-order valence-corrected chi connectivity index (χ0v) is 35.8. The van der Waals surface area contributed by atoms with Crippen molar-refractivity contribution in [2.75, 3.05) is 6.54 Å². The van der Waals surface area contributed by atoms with Gasteiger partial charge in [-0.1, -0.05) is 179 Å². The van der Waals surface area contributed by atoms with Gasteiger partial charge in [0.25, 0.3) is 0 Å². The van der Waals surface area contributed by atoms with Crippen molar-refractivity contribution in [2.45, 2.75) is 258 Å². The number of unbranched alkanes of at least 4 members (excludes halogenated alkanes) is 28. The van der Waals surface area contributed by atoms with Crippen LogP contribution in [0.4, 0.5) is 0 Å². The summed E-state index contributed by atoms with van der Waals surface area (Å²) in [7, 11) is 0. The molecule has 0 aliphatic heterocycles. The lowest BCUT2D eigenvalue weighted by Crippen LogP contribution is -2.28. The Hall–Kier alpha value is -2.11. The molecule has 0 saturated carbocycles. The lowest BCUT2D eigenvalue weighted by molar-refractivity contribution is -0.150. The zero-order chi connectivity index (χ0) is 39.4. The maximum Gasteiger partial charge on any atom is 0.322 e. The van der Waals surface area contributed by atoms with Crippen molar-refractivity contribution < 1.29 is 24.2 Å². The predicted octanol–water partition coefficient (Wildman–Crippen LogP) is 14.7. The Morgan fingerprint density at radius 3 is 1.26 bits per heavy atom. The van der Waals surface area contributed by atoms with Gasteiger partial charge in [-0.25, -0.2) is 0 Å². The summed E-state index contributed by atoms with van der Waals surface area (Å²) in [5.41, 5.74) is 0. The molecule has 0 aromatic heterocycles. The molecule has 0 fully saturated rings. The standard InChI is InChI=1S/C48H89NO5/c1-3-5-7-9-11-13-15-17-18-19-20-21-22-24-26-28-30-35-39-43-48(53)54-45(41-37-33-31-34-38-42-46(50)49-44-47(51)52)40-36-32-29-27-25-23-16-14-12-10-8-6-4-2/h17-18,27,29,45H,3-16,19-26,28,30-44H2,1-2H3,(H,49,50)(H,51,52)/b18-17-,29-27-. The summed E-state index contributed by atoms with van der Waals surface area (Å²) in [6.45, 7) is 4.23. The number of carbonyl (C=O) groups is 3. The summed E-state index contributed by atoms with van der Waals surface area (Å²) in [6.07, 6.45) is 53.1. The molecular weight excluding hydrogens is 671 g/mol. The van der Waals surface area contributed by atoms with Gasteiger partial charge in [-0.15, -0.1) is 0 Å². The summed E-state index contributed by atoms with van der Waals surface area (Å²) in [5, 5.41) is 11.1. The van der Waals surface area contributed by atoms with E-state index in [0.717, 1.165) is 70.6 Å². The smallest absolute Gasteiger partial charge is 0.322 e. The van der Waals surface area contributed by atoms with Crippen molar-refractivity contribution in [1.82, 2.24) is 5.32 Å². The Bertz CT molecular complexity index is 884. The van der Waals surface area contributed by atoms with Crippen molar-refractivity contribution in [1.29, 1.82) is 0 Å². The summed E-state index contributed by atoms with van der Waals surface area (Å²) < 4.78 is 6.03. The number of amides is 1. The lowest BCUT2D eigenvalue weighted by Gasteiger charge is -2.18. The number of carboxylic acid groups (broad SMARTS) is 1. The van der Waals surface area contributed by atoms with Gasteiger partial charge in [0, 0.05) is 12.8 Å². The number of carboxylic acids is 1. The minimum absolute atomic E-state index is 0.00350. The molecule has 6 nitrogen and oxygen atoms in total. The summed E-state index contributed by atoms with van der Waals surface area (Å²) >= 11 is 0. The third-order valence-electron chi connectivity index (χ3n) is 10.6. The average molecular weight is 760 g/mol. The van der Waals surface area contributed by atoms with Gasteiger partial charge in [0.1, 0.15) is 12.6 Å².